The molecule has 0 bridgehead atoms. The maximum atomic E-state index is 11.8. The first kappa shape index (κ1) is 42.6. The molecule has 0 saturated heterocycles. The van der Waals surface area contributed by atoms with Crippen molar-refractivity contribution in [1.29, 1.82) is 0 Å². The molecule has 0 rings (SSSR count). The predicted molar refractivity (Wildman–Crippen MR) is 190 cm³/mol. The summed E-state index contributed by atoms with van der Waals surface area (Å²) in [5.41, 5.74) is 0. The van der Waals surface area contributed by atoms with Gasteiger partial charge in [-0.15, -0.1) is 0 Å². The highest BCUT2D eigenvalue weighted by Crippen LogP contribution is 2.29. The zero-order chi connectivity index (χ0) is 32.3. The summed E-state index contributed by atoms with van der Waals surface area (Å²) in [6, 6.07) is 0. The van der Waals surface area contributed by atoms with Crippen molar-refractivity contribution in [2.75, 3.05) is 24.7 Å². The lowest BCUT2D eigenvalue weighted by Gasteiger charge is -2.23. The van der Waals surface area contributed by atoms with Gasteiger partial charge in [0, 0.05) is 23.7 Å². The third-order valence-electron chi connectivity index (χ3n) is 8.99. The van der Waals surface area contributed by atoms with Crippen LogP contribution in [-0.2, 0) is 14.3 Å². The number of carbonyl (C=O) groups is 2. The van der Waals surface area contributed by atoms with Crippen LogP contribution in [0, 0.1) is 23.7 Å². The first-order chi connectivity index (χ1) is 20.7. The summed E-state index contributed by atoms with van der Waals surface area (Å²) in [4.78, 5) is 23.5. The van der Waals surface area contributed by atoms with Crippen LogP contribution in [0.2, 0.25) is 0 Å². The number of ether oxygens (including phenoxy) is 1. The monoisotopic (exact) mass is 646 g/mol. The Kier molecular flexibility index (Phi) is 28.8. The van der Waals surface area contributed by atoms with E-state index in [1.54, 1.807) is 23.5 Å². The highest BCUT2D eigenvalue weighted by Gasteiger charge is 2.25. The maximum absolute atomic E-state index is 11.8. The number of carboxylic acids is 2. The summed E-state index contributed by atoms with van der Waals surface area (Å²) in [6.45, 7) is 13.8. The van der Waals surface area contributed by atoms with E-state index >= 15 is 0 Å². The van der Waals surface area contributed by atoms with Crippen LogP contribution in [0.5, 0.6) is 0 Å². The van der Waals surface area contributed by atoms with Crippen molar-refractivity contribution in [2.45, 2.75) is 168 Å². The number of hydrogen-bond donors (Lipinski definition) is 2. The van der Waals surface area contributed by atoms with E-state index in [2.05, 4.69) is 27.7 Å². The second kappa shape index (κ2) is 29.0. The number of hydrogen-bond acceptors (Lipinski definition) is 5. The zero-order valence-corrected chi connectivity index (χ0v) is 30.6. The smallest absolute Gasteiger partial charge is 0.307 e. The van der Waals surface area contributed by atoms with E-state index < -0.39 is 23.8 Å². The predicted octanol–water partition coefficient (Wildman–Crippen LogP) is 11.0. The summed E-state index contributed by atoms with van der Waals surface area (Å²) in [5.74, 6) is 1.41. The highest BCUT2D eigenvalue weighted by atomic mass is 32.2. The zero-order valence-electron chi connectivity index (χ0n) is 29.0. The Morgan fingerprint density at radius 2 is 0.907 bits per heavy atom. The van der Waals surface area contributed by atoms with E-state index in [9.17, 15) is 19.8 Å². The SMILES string of the molecule is CCCCC(CCC)CCCCSC(CCOCCC(SCCCCC(CCC)CCCC)C(C)C(=O)O)C(C)C(=O)O. The summed E-state index contributed by atoms with van der Waals surface area (Å²) in [6.07, 6.45) is 21.8. The molecular weight excluding hydrogens is 577 g/mol. The lowest BCUT2D eigenvalue weighted by molar-refractivity contribution is -0.142. The molecule has 5 nitrogen and oxygen atoms in total. The minimum absolute atomic E-state index is 0.0426. The minimum Gasteiger partial charge on any atom is -0.481 e. The van der Waals surface area contributed by atoms with Crippen molar-refractivity contribution in [3.8, 4) is 0 Å². The van der Waals surface area contributed by atoms with Gasteiger partial charge in [-0.3, -0.25) is 9.59 Å². The van der Waals surface area contributed by atoms with Crippen LogP contribution in [0.1, 0.15) is 157 Å². The fourth-order valence-corrected chi connectivity index (χ4v) is 8.67. The Labute approximate surface area is 275 Å². The number of rotatable bonds is 32. The van der Waals surface area contributed by atoms with Crippen LogP contribution in [-0.4, -0.2) is 57.4 Å². The van der Waals surface area contributed by atoms with Gasteiger partial charge in [0.1, 0.15) is 0 Å². The summed E-state index contributed by atoms with van der Waals surface area (Å²) < 4.78 is 5.99. The lowest BCUT2D eigenvalue weighted by Crippen LogP contribution is -2.26. The molecule has 2 N–H and O–H groups in total. The van der Waals surface area contributed by atoms with Crippen LogP contribution in [0.3, 0.4) is 0 Å². The van der Waals surface area contributed by atoms with E-state index in [1.165, 1.54) is 89.9 Å². The van der Waals surface area contributed by atoms with Crippen molar-refractivity contribution in [3.05, 3.63) is 0 Å². The number of unbranched alkanes of at least 4 members (excludes halogenated alkanes) is 4. The summed E-state index contributed by atoms with van der Waals surface area (Å²) in [5, 5.41) is 19.4. The topological polar surface area (TPSA) is 83.8 Å². The highest BCUT2D eigenvalue weighted by molar-refractivity contribution is 8.00. The maximum Gasteiger partial charge on any atom is 0.307 e. The van der Waals surface area contributed by atoms with Gasteiger partial charge in [-0.2, -0.15) is 23.5 Å². The normalized spacial score (nSPS) is 16.0. The molecule has 43 heavy (non-hydrogen) atoms. The standard InChI is InChI=1S/C36H70O5S2/c1-7-11-19-31(17-9-3)21-13-15-27-42-33(29(5)35(37)38)23-25-41-26-24-34(30(6)36(39)40)43-28-16-14-22-32(18-10-4)20-12-8-2/h29-34H,7-28H2,1-6H3,(H,37,38)(H,39,40). The average molecular weight is 647 g/mol. The molecular formula is C36H70O5S2. The lowest BCUT2D eigenvalue weighted by atomic mass is 9.92. The van der Waals surface area contributed by atoms with E-state index in [0.717, 1.165) is 49.0 Å². The molecule has 7 heteroatoms. The average Bonchev–Trinajstić information content (AvgIpc) is 2.98. The molecule has 0 heterocycles. The second-order valence-corrected chi connectivity index (χ2v) is 15.5. The Bertz CT molecular complexity index is 608. The summed E-state index contributed by atoms with van der Waals surface area (Å²) >= 11 is 3.59. The van der Waals surface area contributed by atoms with Crippen LogP contribution in [0.15, 0.2) is 0 Å². The van der Waals surface area contributed by atoms with Crippen LogP contribution >= 0.6 is 23.5 Å². The fourth-order valence-electron chi connectivity index (χ4n) is 5.98. The van der Waals surface area contributed by atoms with E-state index in [0.29, 0.717) is 13.2 Å². The first-order valence-corrected chi connectivity index (χ1v) is 20.1. The molecule has 0 aliphatic heterocycles. The Morgan fingerprint density at radius 1 is 0.535 bits per heavy atom. The Hall–Kier alpha value is -0.400. The molecule has 0 aromatic rings. The molecule has 0 saturated carbocycles. The molecule has 0 spiro atoms. The second-order valence-electron chi connectivity index (χ2n) is 12.8. The Morgan fingerprint density at radius 3 is 1.23 bits per heavy atom. The van der Waals surface area contributed by atoms with Gasteiger partial charge in [-0.1, -0.05) is 131 Å². The van der Waals surface area contributed by atoms with E-state index in [4.69, 9.17) is 4.74 Å². The molecule has 0 fully saturated rings. The van der Waals surface area contributed by atoms with Gasteiger partial charge in [0.05, 0.1) is 11.8 Å². The van der Waals surface area contributed by atoms with Crippen molar-refractivity contribution in [3.63, 3.8) is 0 Å². The van der Waals surface area contributed by atoms with Gasteiger partial charge in [-0.05, 0) is 49.0 Å². The van der Waals surface area contributed by atoms with Crippen molar-refractivity contribution in [1.82, 2.24) is 0 Å². The largest absolute Gasteiger partial charge is 0.481 e. The number of aliphatic carboxylic acids is 2. The van der Waals surface area contributed by atoms with Crippen molar-refractivity contribution >= 4 is 35.5 Å². The third-order valence-corrected chi connectivity index (χ3v) is 12.2. The molecule has 0 amide bonds. The van der Waals surface area contributed by atoms with Gasteiger partial charge in [-0.25, -0.2) is 0 Å². The van der Waals surface area contributed by atoms with Crippen molar-refractivity contribution < 1.29 is 24.5 Å². The fraction of sp³-hybridized carbons (Fsp3) is 0.944. The Balaban J connectivity index is 4.54. The van der Waals surface area contributed by atoms with Gasteiger partial charge in [0.2, 0.25) is 0 Å². The molecule has 0 aliphatic carbocycles. The van der Waals surface area contributed by atoms with E-state index in [1.807, 2.05) is 13.8 Å². The first-order valence-electron chi connectivity index (χ1n) is 18.0. The van der Waals surface area contributed by atoms with Gasteiger partial charge < -0.3 is 14.9 Å². The molecule has 6 atom stereocenters. The van der Waals surface area contributed by atoms with Gasteiger partial charge in [0.25, 0.3) is 0 Å². The minimum atomic E-state index is -0.738. The van der Waals surface area contributed by atoms with Crippen molar-refractivity contribution in [2.24, 2.45) is 23.7 Å². The van der Waals surface area contributed by atoms with Crippen LogP contribution < -0.4 is 0 Å². The summed E-state index contributed by atoms with van der Waals surface area (Å²) in [7, 11) is 0. The third kappa shape index (κ3) is 22.7. The number of thioether (sulfide) groups is 2. The molecule has 0 aromatic carbocycles. The van der Waals surface area contributed by atoms with Gasteiger partial charge in [0.15, 0.2) is 0 Å². The van der Waals surface area contributed by atoms with Crippen LogP contribution in [0.4, 0.5) is 0 Å². The molecule has 0 aromatic heterocycles. The van der Waals surface area contributed by atoms with Gasteiger partial charge >= 0.3 is 11.9 Å². The van der Waals surface area contributed by atoms with E-state index in [-0.39, 0.29) is 10.5 Å². The van der Waals surface area contributed by atoms with Crippen LogP contribution in [0.25, 0.3) is 0 Å². The quantitative estimate of drug-likeness (QED) is 0.0703. The molecule has 256 valence electrons. The molecule has 0 radical (unpaired) electrons. The number of carboxylic acid groups (broad SMARTS) is 2. The molecule has 6 unspecified atom stereocenters. The molecule has 0 aliphatic rings.